The predicted molar refractivity (Wildman–Crippen MR) is 186 cm³/mol. The number of aromatic nitrogens is 4. The lowest BCUT2D eigenvalue weighted by Crippen LogP contribution is -2.47. The molecule has 0 unspecified atom stereocenters. The molecule has 4 heterocycles. The minimum Gasteiger partial charge on any atom is -0.459 e. The van der Waals surface area contributed by atoms with Gasteiger partial charge in [0.05, 0.1) is 22.7 Å². The first-order valence-corrected chi connectivity index (χ1v) is 19.5. The molecule has 266 valence electrons. The number of ether oxygens (including phenoxy) is 1. The van der Waals surface area contributed by atoms with E-state index in [2.05, 4.69) is 25.8 Å². The Labute approximate surface area is 293 Å². The van der Waals surface area contributed by atoms with Crippen LogP contribution in [-0.4, -0.2) is 73.9 Å². The maximum absolute atomic E-state index is 14.6. The van der Waals surface area contributed by atoms with Crippen LogP contribution in [0.5, 0.6) is 6.01 Å². The molecule has 7 rings (SSSR count). The van der Waals surface area contributed by atoms with Crippen molar-refractivity contribution in [2.24, 2.45) is 17.3 Å². The van der Waals surface area contributed by atoms with Crippen LogP contribution in [0, 0.1) is 17.3 Å². The van der Waals surface area contributed by atoms with E-state index in [4.69, 9.17) is 4.74 Å². The number of hydrogen-bond donors (Lipinski definition) is 1. The van der Waals surface area contributed by atoms with Crippen molar-refractivity contribution in [2.45, 2.75) is 108 Å². The molecule has 1 aromatic carbocycles. The van der Waals surface area contributed by atoms with Crippen molar-refractivity contribution in [1.82, 2.24) is 29.1 Å². The fourth-order valence-corrected chi connectivity index (χ4v) is 9.01. The van der Waals surface area contributed by atoms with Gasteiger partial charge in [-0.2, -0.15) is 4.98 Å². The second kappa shape index (κ2) is 13.5. The Bertz CT molecular complexity index is 1910. The summed E-state index contributed by atoms with van der Waals surface area (Å²) in [6, 6.07) is 9.42. The molecule has 3 aromatic rings. The number of aryl methyl sites for hydroxylation is 1. The van der Waals surface area contributed by atoms with Crippen LogP contribution in [-0.2, 0) is 37.4 Å². The van der Waals surface area contributed by atoms with Crippen molar-refractivity contribution in [3.63, 3.8) is 0 Å². The van der Waals surface area contributed by atoms with E-state index in [0.29, 0.717) is 56.0 Å². The molecule has 0 spiro atoms. The van der Waals surface area contributed by atoms with Crippen LogP contribution in [0.15, 0.2) is 54.9 Å². The van der Waals surface area contributed by atoms with Gasteiger partial charge in [0, 0.05) is 37.7 Å². The lowest BCUT2D eigenvalue weighted by Gasteiger charge is -2.29. The van der Waals surface area contributed by atoms with Crippen LogP contribution in [0.25, 0.3) is 11.3 Å². The van der Waals surface area contributed by atoms with Gasteiger partial charge in [0.25, 0.3) is 6.01 Å². The van der Waals surface area contributed by atoms with Gasteiger partial charge in [-0.3, -0.25) is 23.7 Å². The minimum absolute atomic E-state index is 0.103. The van der Waals surface area contributed by atoms with Gasteiger partial charge >= 0.3 is 0 Å². The molecule has 2 aliphatic heterocycles. The van der Waals surface area contributed by atoms with Crippen molar-refractivity contribution in [2.75, 3.05) is 6.54 Å². The van der Waals surface area contributed by atoms with Crippen molar-refractivity contribution in [3.05, 3.63) is 60.4 Å². The highest BCUT2D eigenvalue weighted by molar-refractivity contribution is 7.91. The quantitative estimate of drug-likeness (QED) is 0.334. The number of carbonyl (C=O) groups is 3. The molecule has 1 N–H and O–H groups in total. The lowest BCUT2D eigenvalue weighted by molar-refractivity contribution is -0.142. The minimum atomic E-state index is -3.89. The molecular formula is C37H46N6O6S. The number of imidazole rings is 1. The normalized spacial score (nSPS) is 29.0. The van der Waals surface area contributed by atoms with Crippen molar-refractivity contribution >= 4 is 38.9 Å². The van der Waals surface area contributed by atoms with E-state index in [0.717, 1.165) is 31.2 Å². The smallest absolute Gasteiger partial charge is 0.300 e. The highest BCUT2D eigenvalue weighted by atomic mass is 32.2. The fraction of sp³-hybridized carbons (Fsp3) is 0.568. The number of rotatable bonds is 8. The second-order valence-corrected chi connectivity index (χ2v) is 17.0. The van der Waals surface area contributed by atoms with Crippen molar-refractivity contribution in [1.29, 1.82) is 0 Å². The van der Waals surface area contributed by atoms with E-state index in [1.165, 1.54) is 0 Å². The molecule has 13 heteroatoms. The first-order chi connectivity index (χ1) is 24.0. The van der Waals surface area contributed by atoms with Crippen LogP contribution in [0.3, 0.4) is 0 Å². The zero-order valence-corrected chi connectivity index (χ0v) is 29.6. The molecule has 2 amide bonds. The van der Waals surface area contributed by atoms with Crippen LogP contribution in [0.4, 0.5) is 0 Å². The van der Waals surface area contributed by atoms with E-state index in [1.807, 2.05) is 47.9 Å². The summed E-state index contributed by atoms with van der Waals surface area (Å²) in [6.45, 7) is 4.32. The molecule has 2 aliphatic carbocycles. The monoisotopic (exact) mass is 702 g/mol. The third-order valence-corrected chi connectivity index (χ3v) is 13.4. The summed E-state index contributed by atoms with van der Waals surface area (Å²) in [5, 5.41) is 0. The van der Waals surface area contributed by atoms with Gasteiger partial charge in [0.1, 0.15) is 6.10 Å². The molecule has 3 fully saturated rings. The van der Waals surface area contributed by atoms with E-state index in [-0.39, 0.29) is 42.9 Å². The van der Waals surface area contributed by atoms with Gasteiger partial charge in [-0.25, -0.2) is 18.4 Å². The fourth-order valence-electron chi connectivity index (χ4n) is 7.68. The van der Waals surface area contributed by atoms with Crippen LogP contribution < -0.4 is 9.46 Å². The summed E-state index contributed by atoms with van der Waals surface area (Å²) in [7, 11) is -3.89. The Morgan fingerprint density at radius 1 is 1.08 bits per heavy atom. The Morgan fingerprint density at radius 3 is 2.62 bits per heavy atom. The van der Waals surface area contributed by atoms with E-state index in [9.17, 15) is 22.8 Å². The molecule has 50 heavy (non-hydrogen) atoms. The van der Waals surface area contributed by atoms with Crippen LogP contribution >= 0.6 is 0 Å². The van der Waals surface area contributed by atoms with E-state index in [1.54, 1.807) is 24.2 Å². The number of amides is 2. The van der Waals surface area contributed by atoms with Gasteiger partial charge in [-0.15, -0.1) is 0 Å². The van der Waals surface area contributed by atoms with Crippen LogP contribution in [0.1, 0.15) is 83.6 Å². The first kappa shape index (κ1) is 34.3. The van der Waals surface area contributed by atoms with E-state index >= 15 is 0 Å². The molecule has 12 nitrogen and oxygen atoms in total. The van der Waals surface area contributed by atoms with E-state index < -0.39 is 38.2 Å². The highest BCUT2D eigenvalue weighted by Crippen LogP contribution is 2.57. The Balaban J connectivity index is 1.20. The molecule has 2 aromatic heterocycles. The number of hydrogen-bond acceptors (Lipinski definition) is 9. The predicted octanol–water partition coefficient (Wildman–Crippen LogP) is 4.54. The Morgan fingerprint density at radius 2 is 1.86 bits per heavy atom. The second-order valence-electron chi connectivity index (χ2n) is 14.8. The molecule has 4 aliphatic rings. The van der Waals surface area contributed by atoms with Gasteiger partial charge in [-0.1, -0.05) is 55.3 Å². The number of allylic oxidation sites excluding steroid dienone is 2. The van der Waals surface area contributed by atoms with Crippen molar-refractivity contribution < 1.29 is 27.5 Å². The van der Waals surface area contributed by atoms with Crippen molar-refractivity contribution in [3.8, 4) is 6.01 Å². The SMILES string of the molecule is CCn1c(O[C@@H]2C[C@H]3C(=O)C[C@]4(C(=O)NS(=O)(=O)C5(C)CC5)C[C@H]4/C=C\CCCCC[C@H](Cc4ccccc4)C(=O)N3C2)nc2nccnc21. The topological polar surface area (TPSA) is 153 Å². The zero-order chi connectivity index (χ0) is 35.1. The third-order valence-electron chi connectivity index (χ3n) is 11.2. The standard InChI is InChI=1S/C37H46N6O6S/c1-3-42-32-31(38-18-19-39-32)40-35(42)49-28-21-29-30(44)23-37(34(46)41-50(47,48)36(2)16-17-36)22-27(37)15-11-6-4-5-10-14-26(33(45)43(29)24-28)20-25-12-8-7-9-13-25/h7-9,11-13,15,18-19,26-29H,3-6,10,14,16-17,20-24H2,1-2H3,(H,41,46)/b15-11-/t26-,27-,28-,29+,37-/m1/s1. The van der Waals surface area contributed by atoms with Gasteiger partial charge in [0.15, 0.2) is 11.4 Å². The number of carbonyl (C=O) groups excluding carboxylic acids is 3. The number of benzene rings is 1. The van der Waals surface area contributed by atoms with Gasteiger partial charge in [-0.05, 0) is 70.3 Å². The molecule has 2 saturated carbocycles. The number of sulfonamides is 1. The average molecular weight is 703 g/mol. The Hall–Kier alpha value is -4.13. The summed E-state index contributed by atoms with van der Waals surface area (Å²) in [5.41, 5.74) is 0.906. The zero-order valence-electron chi connectivity index (χ0n) is 28.8. The summed E-state index contributed by atoms with van der Waals surface area (Å²) in [6.07, 6.45) is 12.9. The molecule has 5 atom stereocenters. The van der Waals surface area contributed by atoms with Crippen LogP contribution in [0.2, 0.25) is 0 Å². The number of Topliss-reactive ketones (excluding diaryl/α,β-unsaturated/α-hetero) is 1. The first-order valence-electron chi connectivity index (χ1n) is 18.0. The number of fused-ring (bicyclic) bond motifs is 3. The number of ketones is 1. The summed E-state index contributed by atoms with van der Waals surface area (Å²) < 4.78 is 35.9. The Kier molecular flexibility index (Phi) is 9.29. The lowest BCUT2D eigenvalue weighted by atomic mass is 9.90. The molecule has 0 radical (unpaired) electrons. The largest absolute Gasteiger partial charge is 0.459 e. The number of nitrogens with zero attached hydrogens (tertiary/aromatic N) is 5. The summed E-state index contributed by atoms with van der Waals surface area (Å²) in [4.78, 5) is 57.9. The average Bonchev–Trinajstić information content (AvgIpc) is 3.93. The third kappa shape index (κ3) is 6.68. The summed E-state index contributed by atoms with van der Waals surface area (Å²) in [5.74, 6) is -1.58. The molecule has 0 bridgehead atoms. The maximum Gasteiger partial charge on any atom is 0.300 e. The van der Waals surface area contributed by atoms with Gasteiger partial charge < -0.3 is 9.64 Å². The number of nitrogens with one attached hydrogen (secondary N) is 1. The summed E-state index contributed by atoms with van der Waals surface area (Å²) >= 11 is 0. The van der Waals surface area contributed by atoms with Gasteiger partial charge in [0.2, 0.25) is 27.5 Å². The highest BCUT2D eigenvalue weighted by Gasteiger charge is 2.62. The molecular weight excluding hydrogens is 657 g/mol. The maximum atomic E-state index is 14.6. The molecule has 1 saturated heterocycles.